The molecule has 7 atom stereocenters. The fourth-order valence-corrected chi connectivity index (χ4v) is 6.00. The molecular weight excluding hydrogens is 442 g/mol. The molecule has 0 radical (unpaired) electrons. The quantitative estimate of drug-likeness (QED) is 0.501. The number of esters is 1. The van der Waals surface area contributed by atoms with Crippen molar-refractivity contribution < 1.29 is 24.2 Å². The van der Waals surface area contributed by atoms with E-state index in [4.69, 9.17) is 4.74 Å². The van der Waals surface area contributed by atoms with E-state index < -0.39 is 35.4 Å². The number of carbonyl (C=O) groups is 3. The Labute approximate surface area is 207 Å². The second kappa shape index (κ2) is 10.3. The van der Waals surface area contributed by atoms with Gasteiger partial charge in [0.2, 0.25) is 5.60 Å². The molecule has 6 nitrogen and oxygen atoms in total. The molecule has 4 rings (SSSR count). The van der Waals surface area contributed by atoms with Crippen molar-refractivity contribution in [2.24, 2.45) is 23.7 Å². The van der Waals surface area contributed by atoms with Crippen LogP contribution in [0.5, 0.6) is 0 Å². The van der Waals surface area contributed by atoms with Crippen molar-refractivity contribution in [2.45, 2.75) is 63.7 Å². The molecular formula is C29H35NO5. The summed E-state index contributed by atoms with van der Waals surface area (Å²) in [7, 11) is 0. The smallest absolute Gasteiger partial charge is 0.331 e. The van der Waals surface area contributed by atoms with Gasteiger partial charge in [-0.05, 0) is 54.7 Å². The number of aliphatic hydroxyl groups is 1. The van der Waals surface area contributed by atoms with E-state index in [0.29, 0.717) is 24.3 Å². The number of allylic oxidation sites excluding steroid dienone is 2. The van der Waals surface area contributed by atoms with Crippen LogP contribution in [0, 0.1) is 23.7 Å². The van der Waals surface area contributed by atoms with Gasteiger partial charge < -0.3 is 15.2 Å². The molecule has 1 amide bonds. The van der Waals surface area contributed by atoms with Gasteiger partial charge in [-0.3, -0.25) is 9.59 Å². The van der Waals surface area contributed by atoms with E-state index in [1.807, 2.05) is 49.4 Å². The van der Waals surface area contributed by atoms with E-state index in [1.165, 1.54) is 6.08 Å². The van der Waals surface area contributed by atoms with Gasteiger partial charge in [-0.2, -0.15) is 0 Å². The zero-order chi connectivity index (χ0) is 25.2. The van der Waals surface area contributed by atoms with Gasteiger partial charge >= 0.3 is 5.97 Å². The van der Waals surface area contributed by atoms with Gasteiger partial charge in [0.15, 0.2) is 5.78 Å². The van der Waals surface area contributed by atoms with Crippen LogP contribution in [0.15, 0.2) is 66.8 Å². The maximum absolute atomic E-state index is 13.7. The van der Waals surface area contributed by atoms with Crippen LogP contribution in [0.3, 0.4) is 0 Å². The third kappa shape index (κ3) is 4.90. The van der Waals surface area contributed by atoms with E-state index in [0.717, 1.165) is 30.9 Å². The molecule has 186 valence electrons. The summed E-state index contributed by atoms with van der Waals surface area (Å²) in [6.45, 7) is 8.21. The lowest BCUT2D eigenvalue weighted by atomic mass is 9.59. The SMILES string of the molecule is C=C1[C@@H](C)[C@H]2[C@H](Cc3ccccc3)NC(=O)[C@]23OC(=O)/C=C/C(=O)CCC[C@@H](C)C/C=C/[C@H]3[C@@H]1O. The summed E-state index contributed by atoms with van der Waals surface area (Å²) < 4.78 is 6.01. The summed E-state index contributed by atoms with van der Waals surface area (Å²) in [5, 5.41) is 14.4. The Kier molecular flexibility index (Phi) is 7.41. The average molecular weight is 478 g/mol. The Hall–Kier alpha value is -2.99. The van der Waals surface area contributed by atoms with Crippen LogP contribution < -0.4 is 5.32 Å². The van der Waals surface area contributed by atoms with Gasteiger partial charge in [-0.15, -0.1) is 0 Å². The Morgan fingerprint density at radius 3 is 2.63 bits per heavy atom. The molecule has 3 aliphatic rings. The second-order valence-electron chi connectivity index (χ2n) is 10.3. The van der Waals surface area contributed by atoms with E-state index >= 15 is 0 Å². The number of carbonyl (C=O) groups excluding carboxylic acids is 3. The highest BCUT2D eigenvalue weighted by molar-refractivity contribution is 5.98. The lowest BCUT2D eigenvalue weighted by molar-refractivity contribution is -0.182. The largest absolute Gasteiger partial charge is 0.445 e. The van der Waals surface area contributed by atoms with Gasteiger partial charge in [0.05, 0.1) is 12.0 Å². The van der Waals surface area contributed by atoms with Crippen molar-refractivity contribution in [2.75, 3.05) is 0 Å². The zero-order valence-electron chi connectivity index (χ0n) is 20.5. The Morgan fingerprint density at radius 2 is 1.89 bits per heavy atom. The number of benzene rings is 1. The lowest BCUT2D eigenvalue weighted by Gasteiger charge is -2.49. The number of aliphatic hydroxyl groups excluding tert-OH is 1. The van der Waals surface area contributed by atoms with Gasteiger partial charge in [0, 0.05) is 24.5 Å². The number of nitrogens with one attached hydrogen (secondary N) is 1. The van der Waals surface area contributed by atoms with Crippen molar-refractivity contribution in [3.63, 3.8) is 0 Å². The first kappa shape index (κ1) is 25.1. The van der Waals surface area contributed by atoms with Crippen LogP contribution >= 0.6 is 0 Å². The van der Waals surface area contributed by atoms with Crippen LogP contribution in [0.25, 0.3) is 0 Å². The molecule has 2 aliphatic heterocycles. The van der Waals surface area contributed by atoms with Crippen molar-refractivity contribution in [3.8, 4) is 0 Å². The molecule has 0 unspecified atom stereocenters. The van der Waals surface area contributed by atoms with E-state index in [2.05, 4.69) is 18.8 Å². The summed E-state index contributed by atoms with van der Waals surface area (Å²) in [6, 6.07) is 9.53. The standard InChI is InChI=1S/C29H35NO5/c1-18-9-7-13-22(31)15-16-25(32)35-29-23(14-8-10-18)27(33)20(3)19(2)26(29)24(30-28(29)34)17-21-11-5-4-6-12-21/h4-6,8,11-12,14-16,18-19,23-24,26-27,33H,3,7,9-10,13,17H2,1-2H3,(H,30,34)/b14-8+,16-15+/t18-,19-,23+,24+,26+,27-,29-/m1/s1. The normalized spacial score (nSPS) is 37.9. The number of amides is 1. The van der Waals surface area contributed by atoms with Gasteiger partial charge in [0.25, 0.3) is 5.91 Å². The van der Waals surface area contributed by atoms with Crippen LogP contribution in [0.1, 0.15) is 45.1 Å². The first-order chi connectivity index (χ1) is 16.7. The molecule has 2 heterocycles. The Morgan fingerprint density at radius 1 is 1.14 bits per heavy atom. The molecule has 1 aliphatic carbocycles. The number of rotatable bonds is 2. The van der Waals surface area contributed by atoms with Crippen LogP contribution in [0.4, 0.5) is 0 Å². The molecule has 1 aromatic carbocycles. The first-order valence-corrected chi connectivity index (χ1v) is 12.6. The molecule has 0 aromatic heterocycles. The van der Waals surface area contributed by atoms with Crippen molar-refractivity contribution in [1.29, 1.82) is 0 Å². The summed E-state index contributed by atoms with van der Waals surface area (Å²) >= 11 is 0. The second-order valence-corrected chi connectivity index (χ2v) is 10.3. The zero-order valence-corrected chi connectivity index (χ0v) is 20.5. The van der Waals surface area contributed by atoms with Crippen LogP contribution in [0.2, 0.25) is 0 Å². The first-order valence-electron chi connectivity index (χ1n) is 12.6. The van der Waals surface area contributed by atoms with Crippen LogP contribution in [-0.4, -0.2) is 40.5 Å². The average Bonchev–Trinajstić information content (AvgIpc) is 3.09. The van der Waals surface area contributed by atoms with Crippen molar-refractivity contribution >= 4 is 17.7 Å². The minimum atomic E-state index is -1.60. The summed E-state index contributed by atoms with van der Waals surface area (Å²) in [5.41, 5.74) is 0.0801. The molecule has 1 aromatic rings. The third-order valence-corrected chi connectivity index (χ3v) is 7.91. The maximum Gasteiger partial charge on any atom is 0.331 e. The monoisotopic (exact) mass is 477 g/mol. The van der Waals surface area contributed by atoms with Crippen LogP contribution in [-0.2, 0) is 25.5 Å². The number of ether oxygens (including phenoxy) is 1. The molecule has 0 bridgehead atoms. The van der Waals surface area contributed by atoms with Gasteiger partial charge in [-0.1, -0.05) is 62.9 Å². The predicted octanol–water partition coefficient (Wildman–Crippen LogP) is 3.70. The minimum Gasteiger partial charge on any atom is -0.445 e. The summed E-state index contributed by atoms with van der Waals surface area (Å²) in [6.07, 6.45) is 8.39. The van der Waals surface area contributed by atoms with Crippen molar-refractivity contribution in [1.82, 2.24) is 5.32 Å². The maximum atomic E-state index is 13.7. The summed E-state index contributed by atoms with van der Waals surface area (Å²) in [5.74, 6) is -2.46. The van der Waals surface area contributed by atoms with Gasteiger partial charge in [0.1, 0.15) is 0 Å². The molecule has 6 heteroatoms. The highest BCUT2D eigenvalue weighted by atomic mass is 16.6. The third-order valence-electron chi connectivity index (χ3n) is 7.91. The van der Waals surface area contributed by atoms with E-state index in [-0.39, 0.29) is 17.7 Å². The number of hydrogen-bond acceptors (Lipinski definition) is 5. The number of hydrogen-bond donors (Lipinski definition) is 2. The molecule has 1 saturated heterocycles. The Balaban J connectivity index is 1.79. The van der Waals surface area contributed by atoms with Crippen molar-refractivity contribution in [3.05, 3.63) is 72.4 Å². The fourth-order valence-electron chi connectivity index (χ4n) is 6.00. The highest BCUT2D eigenvalue weighted by Crippen LogP contribution is 2.52. The predicted molar refractivity (Wildman–Crippen MR) is 133 cm³/mol. The topological polar surface area (TPSA) is 92.7 Å². The molecule has 35 heavy (non-hydrogen) atoms. The van der Waals surface area contributed by atoms with E-state index in [1.54, 1.807) is 0 Å². The summed E-state index contributed by atoms with van der Waals surface area (Å²) in [4.78, 5) is 38.9. The van der Waals surface area contributed by atoms with E-state index in [9.17, 15) is 19.5 Å². The molecule has 2 N–H and O–H groups in total. The van der Waals surface area contributed by atoms with Gasteiger partial charge in [-0.25, -0.2) is 4.79 Å². The molecule has 1 spiro atoms. The molecule has 2 fully saturated rings. The number of ketones is 1. The minimum absolute atomic E-state index is 0.143. The highest BCUT2D eigenvalue weighted by Gasteiger charge is 2.67. The molecule has 1 saturated carbocycles. The fraction of sp³-hybridized carbons (Fsp3) is 0.483. The Bertz CT molecular complexity index is 1040. The lowest BCUT2D eigenvalue weighted by Crippen LogP contribution is -2.61.